The minimum atomic E-state index is -0.527. The number of carbonyl (C=O) groups excluding carboxylic acids is 1. The van der Waals surface area contributed by atoms with Gasteiger partial charge in [0.15, 0.2) is 5.75 Å². The fourth-order valence-electron chi connectivity index (χ4n) is 1.50. The normalized spacial score (nSPS) is 10.3. The van der Waals surface area contributed by atoms with Crippen LogP contribution in [0.5, 0.6) is 11.5 Å². The second-order valence-electron chi connectivity index (χ2n) is 3.90. The van der Waals surface area contributed by atoms with Gasteiger partial charge in [-0.2, -0.15) is 0 Å². The third-order valence-corrected chi connectivity index (χ3v) is 3.30. The predicted molar refractivity (Wildman–Crippen MR) is 79.2 cm³/mol. The highest BCUT2D eigenvalue weighted by molar-refractivity contribution is 6.36. The van der Waals surface area contributed by atoms with Crippen molar-refractivity contribution in [3.8, 4) is 11.5 Å². The van der Waals surface area contributed by atoms with Gasteiger partial charge in [0.2, 0.25) is 0 Å². The first kappa shape index (κ1) is 14.8. The Morgan fingerprint density at radius 1 is 1.00 bits per heavy atom. The van der Waals surface area contributed by atoms with E-state index in [1.54, 1.807) is 0 Å². The molecule has 0 aliphatic carbocycles. The number of phenolic OH excluding ortho intramolecular Hbond substituents is 2. The molecule has 0 spiro atoms. The Labute approximate surface area is 129 Å². The Balaban J connectivity index is 2.30. The van der Waals surface area contributed by atoms with E-state index in [-0.39, 0.29) is 37.8 Å². The lowest BCUT2D eigenvalue weighted by atomic mass is 10.2. The molecule has 0 radical (unpaired) electrons. The summed E-state index contributed by atoms with van der Waals surface area (Å²) in [5, 5.41) is 21.8. The van der Waals surface area contributed by atoms with Gasteiger partial charge in [-0.1, -0.05) is 34.8 Å². The Kier molecular flexibility index (Phi) is 4.28. The molecule has 0 bridgehead atoms. The Hall–Kier alpha value is -1.62. The van der Waals surface area contributed by atoms with Crippen LogP contribution in [0.1, 0.15) is 10.4 Å². The number of carbonyl (C=O) groups is 1. The summed E-state index contributed by atoms with van der Waals surface area (Å²) < 4.78 is 0. The van der Waals surface area contributed by atoms with Crippen LogP contribution in [0.15, 0.2) is 30.3 Å². The van der Waals surface area contributed by atoms with Crippen molar-refractivity contribution in [2.45, 2.75) is 0 Å². The zero-order valence-electron chi connectivity index (χ0n) is 9.82. The lowest BCUT2D eigenvalue weighted by Crippen LogP contribution is -2.12. The molecular weight excluding hydrogens is 325 g/mol. The first-order valence-electron chi connectivity index (χ1n) is 5.36. The van der Waals surface area contributed by atoms with Crippen LogP contribution < -0.4 is 5.32 Å². The summed E-state index contributed by atoms with van der Waals surface area (Å²) in [4.78, 5) is 12.0. The molecule has 1 amide bonds. The predicted octanol–water partition coefficient (Wildman–Crippen LogP) is 4.31. The first-order valence-corrected chi connectivity index (χ1v) is 6.49. The average Bonchev–Trinajstić information content (AvgIpc) is 2.38. The van der Waals surface area contributed by atoms with Gasteiger partial charge in [-0.15, -0.1) is 0 Å². The van der Waals surface area contributed by atoms with Crippen LogP contribution in [0, 0.1) is 0 Å². The lowest BCUT2D eigenvalue weighted by Gasteiger charge is -2.09. The van der Waals surface area contributed by atoms with E-state index in [1.807, 2.05) is 0 Å². The molecule has 0 heterocycles. The van der Waals surface area contributed by atoms with Gasteiger partial charge in [0.05, 0.1) is 15.7 Å². The van der Waals surface area contributed by atoms with Crippen LogP contribution in [-0.4, -0.2) is 16.1 Å². The minimum Gasteiger partial charge on any atom is -0.506 e. The van der Waals surface area contributed by atoms with Crippen LogP contribution in [-0.2, 0) is 0 Å². The maximum atomic E-state index is 12.0. The fourth-order valence-corrected chi connectivity index (χ4v) is 2.18. The zero-order chi connectivity index (χ0) is 14.9. The van der Waals surface area contributed by atoms with Crippen molar-refractivity contribution in [3.63, 3.8) is 0 Å². The molecule has 3 N–H and O–H groups in total. The van der Waals surface area contributed by atoms with E-state index in [4.69, 9.17) is 34.8 Å². The Bertz CT molecular complexity index is 689. The van der Waals surface area contributed by atoms with Crippen molar-refractivity contribution >= 4 is 46.4 Å². The van der Waals surface area contributed by atoms with Gasteiger partial charge in [0, 0.05) is 10.6 Å². The van der Waals surface area contributed by atoms with E-state index in [2.05, 4.69) is 5.32 Å². The highest BCUT2D eigenvalue weighted by atomic mass is 35.5. The number of aromatic hydroxyl groups is 2. The van der Waals surface area contributed by atoms with Crippen LogP contribution in [0.4, 0.5) is 5.69 Å². The molecule has 0 aliphatic rings. The molecule has 0 aromatic heterocycles. The molecule has 0 atom stereocenters. The molecule has 0 saturated heterocycles. The van der Waals surface area contributed by atoms with Crippen LogP contribution >= 0.6 is 34.8 Å². The average molecular weight is 333 g/mol. The molecule has 2 aromatic rings. The SMILES string of the molecule is O=C(Nc1cc(Cl)cc(Cl)c1O)c1ccc(O)c(Cl)c1. The third kappa shape index (κ3) is 3.10. The highest BCUT2D eigenvalue weighted by Crippen LogP contribution is 2.35. The number of phenols is 2. The number of nitrogens with one attached hydrogen (secondary N) is 1. The number of anilines is 1. The van der Waals surface area contributed by atoms with Gasteiger partial charge in [-0.05, 0) is 30.3 Å². The van der Waals surface area contributed by atoms with Crippen LogP contribution in [0.3, 0.4) is 0 Å². The Morgan fingerprint density at radius 2 is 1.70 bits per heavy atom. The molecule has 0 fully saturated rings. The van der Waals surface area contributed by atoms with Crippen molar-refractivity contribution in [2.24, 2.45) is 0 Å². The lowest BCUT2D eigenvalue weighted by molar-refractivity contribution is 0.102. The van der Waals surface area contributed by atoms with Crippen LogP contribution in [0.2, 0.25) is 15.1 Å². The second-order valence-corrected chi connectivity index (χ2v) is 5.15. The van der Waals surface area contributed by atoms with Gasteiger partial charge in [-0.25, -0.2) is 0 Å². The topological polar surface area (TPSA) is 69.6 Å². The molecular formula is C13H8Cl3NO3. The summed E-state index contributed by atoms with van der Waals surface area (Å²) in [7, 11) is 0. The van der Waals surface area contributed by atoms with Gasteiger partial charge in [0.1, 0.15) is 5.75 Å². The zero-order valence-corrected chi connectivity index (χ0v) is 12.1. The summed E-state index contributed by atoms with van der Waals surface area (Å²) >= 11 is 17.3. The molecule has 0 unspecified atom stereocenters. The van der Waals surface area contributed by atoms with Gasteiger partial charge >= 0.3 is 0 Å². The van der Waals surface area contributed by atoms with E-state index in [0.717, 1.165) is 0 Å². The fraction of sp³-hybridized carbons (Fsp3) is 0. The smallest absolute Gasteiger partial charge is 0.255 e. The number of amides is 1. The molecule has 4 nitrogen and oxygen atoms in total. The Morgan fingerprint density at radius 3 is 2.35 bits per heavy atom. The van der Waals surface area contributed by atoms with Gasteiger partial charge in [0.25, 0.3) is 5.91 Å². The molecule has 0 aliphatic heterocycles. The van der Waals surface area contributed by atoms with E-state index >= 15 is 0 Å². The standard InChI is InChI=1S/C13H8Cl3NO3/c14-7-4-9(16)12(19)10(5-7)17-13(20)6-1-2-11(18)8(15)3-6/h1-5,18-19H,(H,17,20). The van der Waals surface area contributed by atoms with E-state index in [0.29, 0.717) is 0 Å². The first-order chi connectivity index (χ1) is 9.38. The number of halogens is 3. The highest BCUT2D eigenvalue weighted by Gasteiger charge is 2.13. The van der Waals surface area contributed by atoms with Gasteiger partial charge < -0.3 is 15.5 Å². The number of hydrogen-bond donors (Lipinski definition) is 3. The van der Waals surface area contributed by atoms with Crippen molar-refractivity contribution in [1.82, 2.24) is 0 Å². The summed E-state index contributed by atoms with van der Waals surface area (Å²) in [5.41, 5.74) is 0.292. The molecule has 2 aromatic carbocycles. The minimum absolute atomic E-state index is 0.0246. The largest absolute Gasteiger partial charge is 0.506 e. The van der Waals surface area contributed by atoms with E-state index in [9.17, 15) is 15.0 Å². The number of benzene rings is 2. The van der Waals surface area contributed by atoms with Crippen molar-refractivity contribution in [2.75, 3.05) is 5.32 Å². The monoisotopic (exact) mass is 331 g/mol. The van der Waals surface area contributed by atoms with Crippen LogP contribution in [0.25, 0.3) is 0 Å². The molecule has 0 saturated carbocycles. The van der Waals surface area contributed by atoms with E-state index in [1.165, 1.54) is 30.3 Å². The summed E-state index contributed by atoms with van der Waals surface area (Å²) in [5.74, 6) is -0.938. The molecule has 20 heavy (non-hydrogen) atoms. The van der Waals surface area contributed by atoms with Crippen molar-refractivity contribution in [3.05, 3.63) is 51.0 Å². The maximum absolute atomic E-state index is 12.0. The van der Waals surface area contributed by atoms with Gasteiger partial charge in [-0.3, -0.25) is 4.79 Å². The number of rotatable bonds is 2. The summed E-state index contributed by atoms with van der Waals surface area (Å²) in [6, 6.07) is 6.70. The van der Waals surface area contributed by atoms with Crippen molar-refractivity contribution < 1.29 is 15.0 Å². The molecule has 2 rings (SSSR count). The van der Waals surface area contributed by atoms with E-state index < -0.39 is 5.91 Å². The third-order valence-electron chi connectivity index (χ3n) is 2.49. The quantitative estimate of drug-likeness (QED) is 0.718. The maximum Gasteiger partial charge on any atom is 0.255 e. The molecule has 104 valence electrons. The molecule has 7 heteroatoms. The van der Waals surface area contributed by atoms with Crippen molar-refractivity contribution in [1.29, 1.82) is 0 Å². The summed E-state index contributed by atoms with van der Waals surface area (Å²) in [6.07, 6.45) is 0. The second kappa shape index (κ2) is 5.79. The summed E-state index contributed by atoms with van der Waals surface area (Å²) in [6.45, 7) is 0. The number of hydrogen-bond acceptors (Lipinski definition) is 3.